The van der Waals surface area contributed by atoms with Gasteiger partial charge in [-0.2, -0.15) is 0 Å². The Bertz CT molecular complexity index is 853. The van der Waals surface area contributed by atoms with Crippen LogP contribution in [0.5, 0.6) is 0 Å². The number of halogens is 2. The topological polar surface area (TPSA) is 84.5 Å². The van der Waals surface area contributed by atoms with Crippen LogP contribution in [0.2, 0.25) is 0 Å². The molecule has 0 unspecified atom stereocenters. The van der Waals surface area contributed by atoms with Gasteiger partial charge >= 0.3 is 0 Å². The largest absolute Gasteiger partial charge is 0.383 e. The number of carbonyl (C=O) groups is 1. The van der Waals surface area contributed by atoms with Gasteiger partial charge in [0.15, 0.2) is 0 Å². The number of carbonyl (C=O) groups excluding carboxylic acids is 1. The van der Waals surface area contributed by atoms with E-state index < -0.39 is 15.8 Å². The van der Waals surface area contributed by atoms with E-state index in [0.29, 0.717) is 15.6 Å². The molecule has 0 spiro atoms. The number of benzene rings is 2. The molecule has 2 rings (SSSR count). The van der Waals surface area contributed by atoms with Crippen molar-refractivity contribution in [2.45, 2.75) is 11.4 Å². The fraction of sp³-hybridized carbons (Fsp3) is 0.235. The average molecular weight is 445 g/mol. The molecule has 1 amide bonds. The van der Waals surface area contributed by atoms with Crippen LogP contribution in [0, 0.1) is 5.82 Å². The van der Waals surface area contributed by atoms with Crippen LogP contribution in [0.4, 0.5) is 4.39 Å². The predicted octanol–water partition coefficient (Wildman–Crippen LogP) is 2.44. The molecule has 26 heavy (non-hydrogen) atoms. The number of amides is 1. The number of nitrogens with one attached hydrogen (secondary N) is 2. The zero-order chi connectivity index (χ0) is 19.2. The van der Waals surface area contributed by atoms with Crippen LogP contribution in [0.25, 0.3) is 0 Å². The van der Waals surface area contributed by atoms with Gasteiger partial charge in [-0.3, -0.25) is 4.79 Å². The smallest absolute Gasteiger partial charge is 0.251 e. The number of hydrogen-bond acceptors (Lipinski definition) is 4. The van der Waals surface area contributed by atoms with Crippen molar-refractivity contribution in [2.24, 2.45) is 0 Å². The number of rotatable bonds is 8. The predicted molar refractivity (Wildman–Crippen MR) is 98.8 cm³/mol. The molecule has 0 aliphatic carbocycles. The highest BCUT2D eigenvalue weighted by molar-refractivity contribution is 9.10. The molecule has 0 heterocycles. The Labute approximate surface area is 159 Å². The van der Waals surface area contributed by atoms with E-state index in [-0.39, 0.29) is 30.5 Å². The number of hydrogen-bond donors (Lipinski definition) is 2. The summed E-state index contributed by atoms with van der Waals surface area (Å²) < 4.78 is 45.2. The quantitative estimate of drug-likeness (QED) is 0.612. The molecule has 140 valence electrons. The molecule has 2 aromatic rings. The summed E-state index contributed by atoms with van der Waals surface area (Å²) in [5.74, 6) is -0.791. The highest BCUT2D eigenvalue weighted by atomic mass is 79.9. The fourth-order valence-corrected chi connectivity index (χ4v) is 3.67. The lowest BCUT2D eigenvalue weighted by molar-refractivity contribution is 0.0950. The molecule has 6 nitrogen and oxygen atoms in total. The summed E-state index contributed by atoms with van der Waals surface area (Å²) in [6.45, 7) is 0.563. The average Bonchev–Trinajstić information content (AvgIpc) is 2.59. The number of methoxy groups -OCH3 is 1. The van der Waals surface area contributed by atoms with Crippen molar-refractivity contribution in [1.29, 1.82) is 0 Å². The van der Waals surface area contributed by atoms with Crippen molar-refractivity contribution in [3.63, 3.8) is 0 Å². The van der Waals surface area contributed by atoms with E-state index in [4.69, 9.17) is 4.74 Å². The number of sulfonamides is 1. The van der Waals surface area contributed by atoms with E-state index in [1.165, 1.54) is 43.5 Å². The first-order chi connectivity index (χ1) is 12.3. The molecular weight excluding hydrogens is 427 g/mol. The highest BCUT2D eigenvalue weighted by Crippen LogP contribution is 2.15. The van der Waals surface area contributed by atoms with Crippen LogP contribution in [0.3, 0.4) is 0 Å². The van der Waals surface area contributed by atoms with Gasteiger partial charge in [0.05, 0.1) is 11.5 Å². The zero-order valence-electron chi connectivity index (χ0n) is 14.0. The van der Waals surface area contributed by atoms with Crippen molar-refractivity contribution in [1.82, 2.24) is 10.0 Å². The maximum Gasteiger partial charge on any atom is 0.251 e. The molecule has 0 saturated heterocycles. The van der Waals surface area contributed by atoms with Crippen molar-refractivity contribution in [3.05, 3.63) is 63.9 Å². The van der Waals surface area contributed by atoms with Crippen molar-refractivity contribution < 1.29 is 22.3 Å². The van der Waals surface area contributed by atoms with Gasteiger partial charge in [-0.1, -0.05) is 15.9 Å². The van der Waals surface area contributed by atoms with Gasteiger partial charge in [-0.15, -0.1) is 0 Å². The van der Waals surface area contributed by atoms with Gasteiger partial charge in [-0.05, 0) is 48.0 Å². The highest BCUT2D eigenvalue weighted by Gasteiger charge is 2.14. The molecule has 0 radical (unpaired) electrons. The monoisotopic (exact) mass is 444 g/mol. The molecule has 2 N–H and O–H groups in total. The van der Waals surface area contributed by atoms with E-state index in [1.807, 2.05) is 0 Å². The van der Waals surface area contributed by atoms with Crippen LogP contribution in [-0.2, 0) is 21.3 Å². The Morgan fingerprint density at radius 1 is 1.19 bits per heavy atom. The first kappa shape index (κ1) is 20.5. The van der Waals surface area contributed by atoms with Crippen molar-refractivity contribution >= 4 is 31.9 Å². The van der Waals surface area contributed by atoms with Gasteiger partial charge < -0.3 is 10.1 Å². The molecule has 2 aromatic carbocycles. The molecule has 0 atom stereocenters. The molecule has 9 heteroatoms. The van der Waals surface area contributed by atoms with Gasteiger partial charge in [0.25, 0.3) is 5.91 Å². The van der Waals surface area contributed by atoms with Gasteiger partial charge in [0.1, 0.15) is 5.82 Å². The van der Waals surface area contributed by atoms with Crippen LogP contribution in [0.15, 0.2) is 51.8 Å². The summed E-state index contributed by atoms with van der Waals surface area (Å²) in [6.07, 6.45) is 0. The third-order valence-electron chi connectivity index (χ3n) is 3.40. The molecule has 0 aliphatic rings. The second kappa shape index (κ2) is 9.22. The van der Waals surface area contributed by atoms with E-state index in [9.17, 15) is 17.6 Å². The van der Waals surface area contributed by atoms with Gasteiger partial charge in [-0.25, -0.2) is 17.5 Å². The zero-order valence-corrected chi connectivity index (χ0v) is 16.4. The second-order valence-electron chi connectivity index (χ2n) is 5.38. The Balaban J connectivity index is 2.00. The summed E-state index contributed by atoms with van der Waals surface area (Å²) in [6, 6.07) is 9.89. The third-order valence-corrected chi connectivity index (χ3v) is 5.34. The Hall–Kier alpha value is -1.81. The standard InChI is InChI=1S/C17H18BrFN2O4S/c1-25-7-6-21-26(23,24)16-4-2-13(3-5-16)17(22)20-11-12-8-14(18)10-15(19)9-12/h2-5,8-10,21H,6-7,11H2,1H3,(H,20,22). The van der Waals surface area contributed by atoms with Crippen molar-refractivity contribution in [3.8, 4) is 0 Å². The van der Waals surface area contributed by atoms with Crippen LogP contribution < -0.4 is 10.0 Å². The molecule has 0 fully saturated rings. The minimum Gasteiger partial charge on any atom is -0.383 e. The molecule has 0 saturated carbocycles. The van der Waals surface area contributed by atoms with E-state index in [2.05, 4.69) is 26.0 Å². The summed E-state index contributed by atoms with van der Waals surface area (Å²) >= 11 is 3.19. The minimum atomic E-state index is -3.65. The van der Waals surface area contributed by atoms with Crippen LogP contribution in [0.1, 0.15) is 15.9 Å². The lowest BCUT2D eigenvalue weighted by Crippen LogP contribution is -2.27. The Morgan fingerprint density at radius 3 is 2.50 bits per heavy atom. The first-order valence-electron chi connectivity index (χ1n) is 7.63. The maximum atomic E-state index is 13.3. The maximum absolute atomic E-state index is 13.3. The fourth-order valence-electron chi connectivity index (χ4n) is 2.14. The second-order valence-corrected chi connectivity index (χ2v) is 8.06. The van der Waals surface area contributed by atoms with Crippen LogP contribution >= 0.6 is 15.9 Å². The van der Waals surface area contributed by atoms with E-state index in [0.717, 1.165) is 0 Å². The summed E-state index contributed by atoms with van der Waals surface area (Å²) in [5, 5.41) is 2.66. The van der Waals surface area contributed by atoms with E-state index >= 15 is 0 Å². The Morgan fingerprint density at radius 2 is 1.88 bits per heavy atom. The van der Waals surface area contributed by atoms with Crippen LogP contribution in [-0.4, -0.2) is 34.6 Å². The summed E-state index contributed by atoms with van der Waals surface area (Å²) in [5.41, 5.74) is 0.906. The van der Waals surface area contributed by atoms with Gasteiger partial charge in [0, 0.05) is 30.2 Å². The Kier molecular flexibility index (Phi) is 7.27. The molecule has 0 bridgehead atoms. The lowest BCUT2D eigenvalue weighted by atomic mass is 10.2. The third kappa shape index (κ3) is 5.87. The molecule has 0 aromatic heterocycles. The van der Waals surface area contributed by atoms with Gasteiger partial charge in [0.2, 0.25) is 10.0 Å². The first-order valence-corrected chi connectivity index (χ1v) is 9.91. The SMILES string of the molecule is COCCNS(=O)(=O)c1ccc(C(=O)NCc2cc(F)cc(Br)c2)cc1. The number of ether oxygens (including phenoxy) is 1. The normalized spacial score (nSPS) is 11.3. The van der Waals surface area contributed by atoms with E-state index in [1.54, 1.807) is 6.07 Å². The minimum absolute atomic E-state index is 0.0548. The summed E-state index contributed by atoms with van der Waals surface area (Å²) in [7, 11) is -2.17. The lowest BCUT2D eigenvalue weighted by Gasteiger charge is -2.08. The summed E-state index contributed by atoms with van der Waals surface area (Å²) in [4.78, 5) is 12.2. The van der Waals surface area contributed by atoms with Crippen molar-refractivity contribution in [2.75, 3.05) is 20.3 Å². The molecular formula is C17H18BrFN2O4S. The molecule has 0 aliphatic heterocycles.